The molecule has 1 aromatic rings. The molecule has 0 saturated heterocycles. The molecule has 1 heterocycles. The fraction of sp³-hybridized carbons (Fsp3) is 0.692. The lowest BCUT2D eigenvalue weighted by atomic mass is 10.0. The van der Waals surface area contributed by atoms with Crippen LogP contribution in [0.15, 0.2) is 12.4 Å². The average Bonchev–Trinajstić information content (AvgIpc) is 3.09. The van der Waals surface area contributed by atoms with Crippen molar-refractivity contribution >= 4 is 5.91 Å². The second-order valence-corrected chi connectivity index (χ2v) is 5.42. The van der Waals surface area contributed by atoms with Gasteiger partial charge in [-0.15, -0.1) is 0 Å². The highest BCUT2D eigenvalue weighted by molar-refractivity contribution is 5.82. The number of aryl methyl sites for hydroxylation is 1. The molecule has 1 aliphatic rings. The van der Waals surface area contributed by atoms with Gasteiger partial charge >= 0.3 is 0 Å². The van der Waals surface area contributed by atoms with E-state index in [4.69, 9.17) is 5.73 Å². The number of carbonyl (C=O) groups is 1. The van der Waals surface area contributed by atoms with Crippen LogP contribution in [0.1, 0.15) is 32.5 Å². The quantitative estimate of drug-likeness (QED) is 0.844. The van der Waals surface area contributed by atoms with Crippen LogP contribution >= 0.6 is 0 Å². The third-order valence-electron chi connectivity index (χ3n) is 3.51. The summed E-state index contributed by atoms with van der Waals surface area (Å²) in [4.78, 5) is 18.5. The van der Waals surface area contributed by atoms with Crippen LogP contribution in [0.4, 0.5) is 0 Å². The van der Waals surface area contributed by atoms with Gasteiger partial charge in [-0.05, 0) is 18.8 Å². The molecular weight excluding hydrogens is 228 g/mol. The molecule has 0 aliphatic heterocycles. The molecule has 1 aromatic heterocycles. The summed E-state index contributed by atoms with van der Waals surface area (Å²) in [5.74, 6) is 1.13. The van der Waals surface area contributed by atoms with Crippen LogP contribution in [0.25, 0.3) is 0 Å². The topological polar surface area (TPSA) is 64.2 Å². The predicted octanol–water partition coefficient (Wildman–Crippen LogP) is 0.894. The fourth-order valence-corrected chi connectivity index (χ4v) is 1.95. The van der Waals surface area contributed by atoms with Crippen LogP contribution < -0.4 is 5.73 Å². The Bertz CT molecular complexity index is 422. The summed E-state index contributed by atoms with van der Waals surface area (Å²) in [6.07, 6.45) is 5.82. The van der Waals surface area contributed by atoms with Gasteiger partial charge in [0.15, 0.2) is 0 Å². The summed E-state index contributed by atoms with van der Waals surface area (Å²) in [7, 11) is 1.94. The van der Waals surface area contributed by atoms with E-state index in [1.54, 1.807) is 6.20 Å². The van der Waals surface area contributed by atoms with E-state index in [1.807, 2.05) is 36.6 Å². The number of rotatable bonds is 5. The van der Waals surface area contributed by atoms with Crippen molar-refractivity contribution in [3.8, 4) is 0 Å². The minimum absolute atomic E-state index is 0.0514. The Balaban J connectivity index is 2.09. The Morgan fingerprint density at radius 3 is 2.72 bits per heavy atom. The van der Waals surface area contributed by atoms with Crippen molar-refractivity contribution in [2.24, 2.45) is 18.7 Å². The van der Waals surface area contributed by atoms with Gasteiger partial charge in [0.2, 0.25) is 5.91 Å². The van der Waals surface area contributed by atoms with Crippen molar-refractivity contribution in [3.63, 3.8) is 0 Å². The Morgan fingerprint density at radius 2 is 2.28 bits per heavy atom. The Labute approximate surface area is 108 Å². The first-order valence-corrected chi connectivity index (χ1v) is 6.53. The van der Waals surface area contributed by atoms with Gasteiger partial charge < -0.3 is 15.2 Å². The minimum atomic E-state index is -0.411. The van der Waals surface area contributed by atoms with Crippen molar-refractivity contribution in [1.29, 1.82) is 0 Å². The lowest BCUT2D eigenvalue weighted by molar-refractivity contribution is -0.134. The zero-order valence-electron chi connectivity index (χ0n) is 11.3. The summed E-state index contributed by atoms with van der Waals surface area (Å²) >= 11 is 0. The van der Waals surface area contributed by atoms with Crippen LogP contribution in [0.2, 0.25) is 0 Å². The van der Waals surface area contributed by atoms with E-state index >= 15 is 0 Å². The number of amides is 1. The zero-order valence-corrected chi connectivity index (χ0v) is 11.3. The number of hydrogen-bond acceptors (Lipinski definition) is 3. The lowest BCUT2D eigenvalue weighted by Crippen LogP contribution is -2.47. The van der Waals surface area contributed by atoms with Gasteiger partial charge in [-0.1, -0.05) is 13.8 Å². The van der Waals surface area contributed by atoms with Gasteiger partial charge in [0.25, 0.3) is 0 Å². The largest absolute Gasteiger partial charge is 0.337 e. The van der Waals surface area contributed by atoms with Crippen LogP contribution in [-0.2, 0) is 18.4 Å². The lowest BCUT2D eigenvalue weighted by Gasteiger charge is -2.27. The van der Waals surface area contributed by atoms with E-state index in [-0.39, 0.29) is 11.8 Å². The number of imidazole rings is 1. The normalized spacial score (nSPS) is 16.9. The van der Waals surface area contributed by atoms with Crippen molar-refractivity contribution in [3.05, 3.63) is 18.2 Å². The summed E-state index contributed by atoms with van der Waals surface area (Å²) < 4.78 is 1.95. The number of nitrogens with two attached hydrogens (primary N) is 1. The van der Waals surface area contributed by atoms with E-state index in [1.165, 1.54) is 0 Å². The standard InChI is InChI=1S/C13H22N4O/c1-9(2)12(14)13(18)17(10-4-5-10)8-11-15-6-7-16(11)3/h6-7,9-10,12H,4-5,8,14H2,1-3H3. The van der Waals surface area contributed by atoms with Crippen LogP contribution in [0.3, 0.4) is 0 Å². The zero-order chi connectivity index (χ0) is 13.3. The molecule has 2 rings (SSSR count). The molecule has 1 aliphatic carbocycles. The van der Waals surface area contributed by atoms with Gasteiger partial charge in [-0.3, -0.25) is 4.79 Å². The van der Waals surface area contributed by atoms with Crippen molar-refractivity contribution < 1.29 is 4.79 Å². The molecule has 100 valence electrons. The van der Waals surface area contributed by atoms with Crippen molar-refractivity contribution in [2.45, 2.75) is 45.3 Å². The third kappa shape index (κ3) is 2.72. The summed E-state index contributed by atoms with van der Waals surface area (Å²) in [6, 6.07) is -0.0510. The monoisotopic (exact) mass is 250 g/mol. The fourth-order valence-electron chi connectivity index (χ4n) is 1.95. The third-order valence-corrected chi connectivity index (χ3v) is 3.51. The summed E-state index contributed by atoms with van der Waals surface area (Å²) in [5, 5.41) is 0. The highest BCUT2D eigenvalue weighted by atomic mass is 16.2. The number of carbonyl (C=O) groups excluding carboxylic acids is 1. The Kier molecular flexibility index (Phi) is 3.71. The van der Waals surface area contributed by atoms with Gasteiger partial charge in [0.05, 0.1) is 12.6 Å². The van der Waals surface area contributed by atoms with Gasteiger partial charge in [0.1, 0.15) is 5.82 Å². The summed E-state index contributed by atoms with van der Waals surface area (Å²) in [6.45, 7) is 4.52. The van der Waals surface area contributed by atoms with E-state index in [2.05, 4.69) is 4.98 Å². The maximum atomic E-state index is 12.4. The van der Waals surface area contributed by atoms with E-state index in [0.29, 0.717) is 12.6 Å². The molecule has 1 fully saturated rings. The molecule has 18 heavy (non-hydrogen) atoms. The van der Waals surface area contributed by atoms with Gasteiger partial charge in [-0.25, -0.2) is 4.98 Å². The van der Waals surface area contributed by atoms with Crippen molar-refractivity contribution in [1.82, 2.24) is 14.5 Å². The Hall–Kier alpha value is -1.36. The van der Waals surface area contributed by atoms with Gasteiger partial charge in [-0.2, -0.15) is 0 Å². The number of hydrogen-bond donors (Lipinski definition) is 1. The molecule has 2 N–H and O–H groups in total. The van der Waals surface area contributed by atoms with E-state index in [9.17, 15) is 4.79 Å². The second-order valence-electron chi connectivity index (χ2n) is 5.42. The molecule has 5 heteroatoms. The first-order chi connectivity index (χ1) is 8.50. The maximum absolute atomic E-state index is 12.4. The van der Waals surface area contributed by atoms with Crippen LogP contribution in [0, 0.1) is 5.92 Å². The molecule has 1 unspecified atom stereocenters. The molecule has 5 nitrogen and oxygen atoms in total. The molecule has 0 radical (unpaired) electrons. The molecule has 0 aromatic carbocycles. The van der Waals surface area contributed by atoms with Crippen molar-refractivity contribution in [2.75, 3.05) is 0 Å². The second kappa shape index (κ2) is 5.10. The number of nitrogens with zero attached hydrogens (tertiary/aromatic N) is 3. The first-order valence-electron chi connectivity index (χ1n) is 6.53. The smallest absolute Gasteiger partial charge is 0.240 e. The molecule has 1 amide bonds. The predicted molar refractivity (Wildman–Crippen MR) is 69.6 cm³/mol. The highest BCUT2D eigenvalue weighted by Gasteiger charge is 2.36. The molecule has 0 spiro atoms. The summed E-state index contributed by atoms with van der Waals surface area (Å²) in [5.41, 5.74) is 5.98. The molecule has 1 saturated carbocycles. The maximum Gasteiger partial charge on any atom is 0.240 e. The van der Waals surface area contributed by atoms with Crippen LogP contribution in [0.5, 0.6) is 0 Å². The van der Waals surface area contributed by atoms with E-state index < -0.39 is 6.04 Å². The minimum Gasteiger partial charge on any atom is -0.337 e. The van der Waals surface area contributed by atoms with Gasteiger partial charge in [0, 0.05) is 25.5 Å². The SMILES string of the molecule is CC(C)C(N)C(=O)N(Cc1nccn1C)C1CC1. The molecule has 1 atom stereocenters. The molecule has 0 bridgehead atoms. The first kappa shape index (κ1) is 13.1. The average molecular weight is 250 g/mol. The molecular formula is C13H22N4O. The highest BCUT2D eigenvalue weighted by Crippen LogP contribution is 2.29. The Morgan fingerprint density at radius 1 is 1.61 bits per heavy atom. The van der Waals surface area contributed by atoms with E-state index in [0.717, 1.165) is 18.7 Å². The van der Waals surface area contributed by atoms with Crippen LogP contribution in [-0.4, -0.2) is 32.4 Å². The number of aromatic nitrogens is 2.